The number of piperazine rings is 1. The van der Waals surface area contributed by atoms with Crippen molar-refractivity contribution in [1.29, 1.82) is 0 Å². The van der Waals surface area contributed by atoms with Crippen molar-refractivity contribution in [2.24, 2.45) is 0 Å². The maximum Gasteiger partial charge on any atom is 0.410 e. The van der Waals surface area contributed by atoms with Gasteiger partial charge in [0.15, 0.2) is 0 Å². The standard InChI is InChI=1S/C23H29N3O5/c1-29-20-8-9-21(30-2)19(14-20)15-24-22(27)16-25-10-12-26(13-11-25)23(28)31-17-18-6-4-3-5-7-18/h3-9,14H,10-13,15-17H2,1-2H3,(H,24,27). The van der Waals surface area contributed by atoms with Gasteiger partial charge in [0.2, 0.25) is 5.91 Å². The Morgan fingerprint density at radius 1 is 0.968 bits per heavy atom. The summed E-state index contributed by atoms with van der Waals surface area (Å²) in [4.78, 5) is 28.3. The Balaban J connectivity index is 1.39. The van der Waals surface area contributed by atoms with E-state index in [0.29, 0.717) is 44.2 Å². The van der Waals surface area contributed by atoms with Crippen molar-refractivity contribution in [2.45, 2.75) is 13.2 Å². The Kier molecular flexibility index (Phi) is 8.12. The van der Waals surface area contributed by atoms with E-state index < -0.39 is 0 Å². The van der Waals surface area contributed by atoms with Crippen LogP contribution >= 0.6 is 0 Å². The normalized spacial score (nSPS) is 14.1. The number of nitrogens with zero attached hydrogens (tertiary/aromatic N) is 2. The number of benzene rings is 2. The first-order chi connectivity index (χ1) is 15.1. The first kappa shape index (κ1) is 22.4. The minimum atomic E-state index is -0.321. The van der Waals surface area contributed by atoms with Crippen molar-refractivity contribution < 1.29 is 23.8 Å². The van der Waals surface area contributed by atoms with Gasteiger partial charge in [-0.05, 0) is 23.8 Å². The number of ether oxygens (including phenoxy) is 3. The zero-order chi connectivity index (χ0) is 22.1. The highest BCUT2D eigenvalue weighted by Gasteiger charge is 2.23. The van der Waals surface area contributed by atoms with Gasteiger partial charge in [0.25, 0.3) is 0 Å². The summed E-state index contributed by atoms with van der Waals surface area (Å²) in [7, 11) is 3.19. The summed E-state index contributed by atoms with van der Waals surface area (Å²) >= 11 is 0. The average Bonchev–Trinajstić information content (AvgIpc) is 2.82. The molecule has 1 N–H and O–H groups in total. The van der Waals surface area contributed by atoms with Crippen LogP contribution in [0.1, 0.15) is 11.1 Å². The summed E-state index contributed by atoms with van der Waals surface area (Å²) in [5.74, 6) is 1.33. The highest BCUT2D eigenvalue weighted by atomic mass is 16.6. The third kappa shape index (κ3) is 6.62. The molecular formula is C23H29N3O5. The second-order valence-electron chi connectivity index (χ2n) is 7.26. The van der Waals surface area contributed by atoms with E-state index in [1.165, 1.54) is 0 Å². The Labute approximate surface area is 182 Å². The summed E-state index contributed by atoms with van der Waals surface area (Å²) in [6.45, 7) is 3.20. The highest BCUT2D eigenvalue weighted by molar-refractivity contribution is 5.78. The molecule has 8 heteroatoms. The molecule has 1 fully saturated rings. The maximum absolute atomic E-state index is 12.4. The lowest BCUT2D eigenvalue weighted by molar-refractivity contribution is -0.122. The third-order valence-corrected chi connectivity index (χ3v) is 5.17. The van der Waals surface area contributed by atoms with Crippen LogP contribution in [0.2, 0.25) is 0 Å². The van der Waals surface area contributed by atoms with Gasteiger partial charge in [-0.3, -0.25) is 9.69 Å². The van der Waals surface area contributed by atoms with E-state index >= 15 is 0 Å². The Morgan fingerprint density at radius 3 is 2.39 bits per heavy atom. The van der Waals surface area contributed by atoms with Crippen LogP contribution < -0.4 is 14.8 Å². The van der Waals surface area contributed by atoms with Crippen molar-refractivity contribution in [3.05, 3.63) is 59.7 Å². The van der Waals surface area contributed by atoms with Gasteiger partial charge in [-0.2, -0.15) is 0 Å². The zero-order valence-corrected chi connectivity index (χ0v) is 18.0. The molecule has 3 rings (SSSR count). The third-order valence-electron chi connectivity index (χ3n) is 5.17. The molecular weight excluding hydrogens is 398 g/mol. The molecule has 1 aliphatic rings. The van der Waals surface area contributed by atoms with Crippen LogP contribution in [-0.4, -0.2) is 68.7 Å². The fourth-order valence-corrected chi connectivity index (χ4v) is 3.37. The Hall–Kier alpha value is -3.26. The average molecular weight is 428 g/mol. The molecule has 2 aromatic rings. The number of amides is 2. The monoisotopic (exact) mass is 427 g/mol. The van der Waals surface area contributed by atoms with E-state index in [9.17, 15) is 9.59 Å². The lowest BCUT2D eigenvalue weighted by Gasteiger charge is -2.33. The van der Waals surface area contributed by atoms with Crippen molar-refractivity contribution in [2.75, 3.05) is 46.9 Å². The first-order valence-corrected chi connectivity index (χ1v) is 10.2. The molecule has 0 aliphatic carbocycles. The molecule has 0 aromatic heterocycles. The summed E-state index contributed by atoms with van der Waals surface area (Å²) in [6.07, 6.45) is -0.321. The fourth-order valence-electron chi connectivity index (χ4n) is 3.37. The van der Waals surface area contributed by atoms with Crippen molar-refractivity contribution in [1.82, 2.24) is 15.1 Å². The van der Waals surface area contributed by atoms with Gasteiger partial charge in [0, 0.05) is 38.3 Å². The van der Waals surface area contributed by atoms with Crippen molar-refractivity contribution in [3.8, 4) is 11.5 Å². The van der Waals surface area contributed by atoms with E-state index in [-0.39, 0.29) is 25.2 Å². The fraction of sp³-hybridized carbons (Fsp3) is 0.391. The molecule has 166 valence electrons. The van der Waals surface area contributed by atoms with Gasteiger partial charge in [-0.1, -0.05) is 30.3 Å². The number of hydrogen-bond acceptors (Lipinski definition) is 6. The molecule has 8 nitrogen and oxygen atoms in total. The number of carbonyl (C=O) groups is 2. The molecule has 31 heavy (non-hydrogen) atoms. The lowest BCUT2D eigenvalue weighted by atomic mass is 10.2. The largest absolute Gasteiger partial charge is 0.497 e. The molecule has 0 spiro atoms. The minimum Gasteiger partial charge on any atom is -0.497 e. The number of hydrogen-bond donors (Lipinski definition) is 1. The van der Waals surface area contributed by atoms with Crippen LogP contribution in [0.3, 0.4) is 0 Å². The Bertz CT molecular complexity index is 867. The Morgan fingerprint density at radius 2 is 1.71 bits per heavy atom. The number of methoxy groups -OCH3 is 2. The van der Waals surface area contributed by atoms with E-state index in [1.807, 2.05) is 53.4 Å². The molecule has 0 atom stereocenters. The smallest absolute Gasteiger partial charge is 0.410 e. The molecule has 1 aliphatic heterocycles. The van der Waals surface area contributed by atoms with Gasteiger partial charge in [-0.15, -0.1) is 0 Å². The van der Waals surface area contributed by atoms with Gasteiger partial charge in [-0.25, -0.2) is 4.79 Å². The first-order valence-electron chi connectivity index (χ1n) is 10.2. The van der Waals surface area contributed by atoms with E-state index in [0.717, 1.165) is 11.1 Å². The summed E-state index contributed by atoms with van der Waals surface area (Å²) in [5.41, 5.74) is 1.81. The van der Waals surface area contributed by atoms with Crippen LogP contribution in [-0.2, 0) is 22.7 Å². The molecule has 2 amide bonds. The maximum atomic E-state index is 12.4. The highest BCUT2D eigenvalue weighted by Crippen LogP contribution is 2.23. The quantitative estimate of drug-likeness (QED) is 0.696. The van der Waals surface area contributed by atoms with Crippen molar-refractivity contribution >= 4 is 12.0 Å². The van der Waals surface area contributed by atoms with Crippen LogP contribution in [0.25, 0.3) is 0 Å². The number of rotatable bonds is 8. The van der Waals surface area contributed by atoms with Gasteiger partial charge >= 0.3 is 6.09 Å². The molecule has 0 radical (unpaired) electrons. The second-order valence-corrected chi connectivity index (χ2v) is 7.26. The van der Waals surface area contributed by atoms with E-state index in [4.69, 9.17) is 14.2 Å². The minimum absolute atomic E-state index is 0.0787. The van der Waals surface area contributed by atoms with E-state index in [1.54, 1.807) is 19.1 Å². The predicted molar refractivity (Wildman–Crippen MR) is 116 cm³/mol. The molecule has 0 saturated carbocycles. The second kappa shape index (κ2) is 11.2. The number of nitrogens with one attached hydrogen (secondary N) is 1. The van der Waals surface area contributed by atoms with Gasteiger partial charge in [0.1, 0.15) is 18.1 Å². The van der Waals surface area contributed by atoms with Gasteiger partial charge in [0.05, 0.1) is 20.8 Å². The number of carbonyl (C=O) groups excluding carboxylic acids is 2. The van der Waals surface area contributed by atoms with Crippen molar-refractivity contribution in [3.63, 3.8) is 0 Å². The van der Waals surface area contributed by atoms with Crippen LogP contribution in [0, 0.1) is 0 Å². The molecule has 1 saturated heterocycles. The molecule has 0 bridgehead atoms. The topological polar surface area (TPSA) is 80.3 Å². The summed E-state index contributed by atoms with van der Waals surface area (Å²) in [5, 5.41) is 2.92. The van der Waals surface area contributed by atoms with Crippen LogP contribution in [0.5, 0.6) is 11.5 Å². The summed E-state index contributed by atoms with van der Waals surface area (Å²) < 4.78 is 16.0. The summed E-state index contributed by atoms with van der Waals surface area (Å²) in [6, 6.07) is 15.1. The predicted octanol–water partition coefficient (Wildman–Crippen LogP) is 2.27. The molecule has 1 heterocycles. The SMILES string of the molecule is COc1ccc(OC)c(CNC(=O)CN2CCN(C(=O)OCc3ccccc3)CC2)c1. The van der Waals surface area contributed by atoms with Crippen LogP contribution in [0.15, 0.2) is 48.5 Å². The van der Waals surface area contributed by atoms with Crippen LogP contribution in [0.4, 0.5) is 4.79 Å². The van der Waals surface area contributed by atoms with E-state index in [2.05, 4.69) is 5.32 Å². The van der Waals surface area contributed by atoms with Gasteiger partial charge < -0.3 is 24.4 Å². The lowest BCUT2D eigenvalue weighted by Crippen LogP contribution is -2.51. The molecule has 2 aromatic carbocycles. The zero-order valence-electron chi connectivity index (χ0n) is 18.0. The molecule has 0 unspecified atom stereocenters.